The quantitative estimate of drug-likeness (QED) is 0.457. The van der Waals surface area contributed by atoms with Gasteiger partial charge in [0.05, 0.1) is 16.5 Å². The zero-order chi connectivity index (χ0) is 21.3. The van der Waals surface area contributed by atoms with E-state index in [0.717, 1.165) is 24.4 Å². The Morgan fingerprint density at radius 2 is 2.00 bits per heavy atom. The van der Waals surface area contributed by atoms with E-state index in [1.807, 2.05) is 12.1 Å². The molecule has 6 nitrogen and oxygen atoms in total. The minimum Gasteiger partial charge on any atom is -0.490 e. The van der Waals surface area contributed by atoms with Gasteiger partial charge in [-0.25, -0.2) is 9.78 Å². The van der Waals surface area contributed by atoms with Crippen molar-refractivity contribution in [2.75, 3.05) is 13.2 Å². The van der Waals surface area contributed by atoms with Crippen LogP contribution in [-0.4, -0.2) is 28.7 Å². The highest BCUT2D eigenvalue weighted by atomic mass is 16.6. The molecule has 1 aliphatic rings. The largest absolute Gasteiger partial charge is 0.490 e. The lowest BCUT2D eigenvalue weighted by Gasteiger charge is -2.12. The average Bonchev–Trinajstić information content (AvgIpc) is 3.19. The van der Waals surface area contributed by atoms with Crippen LogP contribution in [0.15, 0.2) is 41.2 Å². The van der Waals surface area contributed by atoms with Crippen LogP contribution in [0.5, 0.6) is 5.75 Å². The average molecular weight is 406 g/mol. The van der Waals surface area contributed by atoms with Gasteiger partial charge in [0.2, 0.25) is 0 Å². The fourth-order valence-electron chi connectivity index (χ4n) is 3.97. The maximum atomic E-state index is 12.5. The standard InChI is InChI=1S/C24H26N2O4/c1-15(2)19-9-7-18(13-16(19)3)29-11-12-30-24(28)17-6-8-20-21(14-17)25-22-5-4-10-26(22)23(20)27/h6-9,13-15H,4-5,10-12H2,1-3H3. The number of benzene rings is 2. The van der Waals surface area contributed by atoms with E-state index in [4.69, 9.17) is 9.47 Å². The third-order valence-corrected chi connectivity index (χ3v) is 5.50. The summed E-state index contributed by atoms with van der Waals surface area (Å²) in [6.45, 7) is 7.51. The predicted molar refractivity (Wildman–Crippen MR) is 115 cm³/mol. The van der Waals surface area contributed by atoms with Crippen molar-refractivity contribution >= 4 is 16.9 Å². The molecule has 156 valence electrons. The molecule has 2 heterocycles. The van der Waals surface area contributed by atoms with E-state index in [9.17, 15) is 9.59 Å². The lowest BCUT2D eigenvalue weighted by Crippen LogP contribution is -2.21. The minimum absolute atomic E-state index is 0.0420. The van der Waals surface area contributed by atoms with E-state index in [1.165, 1.54) is 11.1 Å². The second-order valence-electron chi connectivity index (χ2n) is 7.98. The van der Waals surface area contributed by atoms with Gasteiger partial charge in [0.1, 0.15) is 24.8 Å². The van der Waals surface area contributed by atoms with Crippen LogP contribution < -0.4 is 10.3 Å². The molecule has 0 amide bonds. The Bertz CT molecular complexity index is 1160. The van der Waals surface area contributed by atoms with Crippen molar-refractivity contribution in [3.05, 3.63) is 69.3 Å². The Morgan fingerprint density at radius 1 is 1.17 bits per heavy atom. The molecule has 0 atom stereocenters. The molecule has 6 heteroatoms. The summed E-state index contributed by atoms with van der Waals surface area (Å²) in [5.74, 6) is 1.56. The van der Waals surface area contributed by atoms with E-state index in [1.54, 1.807) is 22.8 Å². The Morgan fingerprint density at radius 3 is 2.77 bits per heavy atom. The number of aromatic nitrogens is 2. The van der Waals surface area contributed by atoms with Crippen molar-refractivity contribution in [2.24, 2.45) is 0 Å². The number of nitrogens with zero attached hydrogens (tertiary/aromatic N) is 2. The number of esters is 1. The van der Waals surface area contributed by atoms with Crippen molar-refractivity contribution in [1.82, 2.24) is 9.55 Å². The molecule has 0 N–H and O–H groups in total. The monoisotopic (exact) mass is 406 g/mol. The number of ether oxygens (including phenoxy) is 2. The van der Waals surface area contributed by atoms with Gasteiger partial charge >= 0.3 is 5.97 Å². The molecule has 0 saturated heterocycles. The smallest absolute Gasteiger partial charge is 0.338 e. The van der Waals surface area contributed by atoms with Gasteiger partial charge in [0, 0.05) is 13.0 Å². The van der Waals surface area contributed by atoms with Crippen LogP contribution in [0.4, 0.5) is 0 Å². The van der Waals surface area contributed by atoms with Crippen molar-refractivity contribution < 1.29 is 14.3 Å². The molecule has 0 spiro atoms. The Hall–Kier alpha value is -3.15. The second-order valence-corrected chi connectivity index (χ2v) is 7.98. The molecular weight excluding hydrogens is 380 g/mol. The van der Waals surface area contributed by atoms with Crippen LogP contribution in [-0.2, 0) is 17.7 Å². The van der Waals surface area contributed by atoms with Gasteiger partial charge in [0.25, 0.3) is 5.56 Å². The normalized spacial score (nSPS) is 12.9. The molecule has 0 fully saturated rings. The van der Waals surface area contributed by atoms with E-state index in [0.29, 0.717) is 28.9 Å². The molecule has 30 heavy (non-hydrogen) atoms. The maximum absolute atomic E-state index is 12.5. The van der Waals surface area contributed by atoms with Gasteiger partial charge in [-0.1, -0.05) is 19.9 Å². The molecule has 2 aromatic carbocycles. The highest BCUT2D eigenvalue weighted by Crippen LogP contribution is 2.23. The van der Waals surface area contributed by atoms with Crippen molar-refractivity contribution in [3.63, 3.8) is 0 Å². The van der Waals surface area contributed by atoms with Crippen LogP contribution in [0.1, 0.15) is 53.5 Å². The van der Waals surface area contributed by atoms with Gasteiger partial charge in [-0.15, -0.1) is 0 Å². The van der Waals surface area contributed by atoms with Crippen LogP contribution in [0, 0.1) is 6.92 Å². The number of hydrogen-bond donors (Lipinski definition) is 0. The Kier molecular flexibility index (Phi) is 5.57. The summed E-state index contributed by atoms with van der Waals surface area (Å²) in [6, 6.07) is 10.9. The summed E-state index contributed by atoms with van der Waals surface area (Å²) in [6.07, 6.45) is 1.71. The van der Waals surface area contributed by atoms with Crippen LogP contribution in [0.2, 0.25) is 0 Å². The predicted octanol–water partition coefficient (Wildman–Crippen LogP) is 4.01. The molecule has 0 bridgehead atoms. The zero-order valence-corrected chi connectivity index (χ0v) is 17.6. The summed E-state index contributed by atoms with van der Waals surface area (Å²) in [5, 5.41) is 0.528. The number of rotatable bonds is 6. The number of carbonyl (C=O) groups is 1. The molecule has 0 unspecified atom stereocenters. The minimum atomic E-state index is -0.450. The fraction of sp³-hybridized carbons (Fsp3) is 0.375. The van der Waals surface area contributed by atoms with E-state index >= 15 is 0 Å². The first-order valence-electron chi connectivity index (χ1n) is 10.4. The third kappa shape index (κ3) is 3.95. The first-order chi connectivity index (χ1) is 14.4. The number of hydrogen-bond acceptors (Lipinski definition) is 5. The molecule has 0 radical (unpaired) electrons. The Balaban J connectivity index is 1.37. The van der Waals surface area contributed by atoms with Crippen LogP contribution in [0.25, 0.3) is 10.9 Å². The van der Waals surface area contributed by atoms with E-state index in [-0.39, 0.29) is 18.8 Å². The zero-order valence-electron chi connectivity index (χ0n) is 17.6. The van der Waals surface area contributed by atoms with E-state index < -0.39 is 5.97 Å². The molecular formula is C24H26N2O4. The van der Waals surface area contributed by atoms with Crippen LogP contribution in [0.3, 0.4) is 0 Å². The highest BCUT2D eigenvalue weighted by Gasteiger charge is 2.17. The molecule has 0 saturated carbocycles. The molecule has 1 aromatic heterocycles. The van der Waals surface area contributed by atoms with Crippen molar-refractivity contribution in [3.8, 4) is 5.75 Å². The summed E-state index contributed by atoms with van der Waals surface area (Å²) in [7, 11) is 0. The SMILES string of the molecule is Cc1cc(OCCOC(=O)c2ccc3c(=O)n4c(nc3c2)CCC4)ccc1C(C)C. The fourth-order valence-corrected chi connectivity index (χ4v) is 3.97. The number of aryl methyl sites for hydroxylation is 2. The van der Waals surface area contributed by atoms with Gasteiger partial charge in [-0.05, 0) is 60.7 Å². The number of fused-ring (bicyclic) bond motifs is 2. The van der Waals surface area contributed by atoms with Gasteiger partial charge in [0.15, 0.2) is 0 Å². The summed E-state index contributed by atoms with van der Waals surface area (Å²) < 4.78 is 12.8. The first kappa shape index (κ1) is 20.1. The van der Waals surface area contributed by atoms with Crippen molar-refractivity contribution in [1.29, 1.82) is 0 Å². The second kappa shape index (κ2) is 8.30. The summed E-state index contributed by atoms with van der Waals surface area (Å²) in [4.78, 5) is 29.5. The molecule has 1 aliphatic heterocycles. The third-order valence-electron chi connectivity index (χ3n) is 5.50. The van der Waals surface area contributed by atoms with Crippen LogP contribution >= 0.6 is 0 Å². The molecule has 0 aliphatic carbocycles. The highest BCUT2D eigenvalue weighted by molar-refractivity contribution is 5.94. The summed E-state index contributed by atoms with van der Waals surface area (Å²) in [5.41, 5.74) is 3.36. The Labute approximate surface area is 175 Å². The number of carbonyl (C=O) groups excluding carboxylic acids is 1. The van der Waals surface area contributed by atoms with Gasteiger partial charge < -0.3 is 9.47 Å². The molecule has 4 rings (SSSR count). The lowest BCUT2D eigenvalue weighted by atomic mass is 9.98. The lowest BCUT2D eigenvalue weighted by molar-refractivity contribution is 0.0450. The van der Waals surface area contributed by atoms with Gasteiger partial charge in [-0.3, -0.25) is 9.36 Å². The maximum Gasteiger partial charge on any atom is 0.338 e. The summed E-state index contributed by atoms with van der Waals surface area (Å²) >= 11 is 0. The first-order valence-corrected chi connectivity index (χ1v) is 10.4. The van der Waals surface area contributed by atoms with Crippen molar-refractivity contribution in [2.45, 2.75) is 46.1 Å². The van der Waals surface area contributed by atoms with Gasteiger partial charge in [-0.2, -0.15) is 0 Å². The molecule has 3 aromatic rings. The van der Waals surface area contributed by atoms with E-state index in [2.05, 4.69) is 31.8 Å². The topological polar surface area (TPSA) is 70.4 Å².